The van der Waals surface area contributed by atoms with Crippen molar-refractivity contribution >= 4 is 28.0 Å². The monoisotopic (exact) mass is 484 g/mol. The van der Waals surface area contributed by atoms with Crippen LogP contribution in [0.1, 0.15) is 72.1 Å². The van der Waals surface area contributed by atoms with Gasteiger partial charge in [0.25, 0.3) is 0 Å². The van der Waals surface area contributed by atoms with Gasteiger partial charge in [0.15, 0.2) is 0 Å². The van der Waals surface area contributed by atoms with Crippen molar-refractivity contribution in [2.75, 3.05) is 0 Å². The molecule has 6 rings (SSSR count). The molecule has 2 aliphatic heterocycles. The lowest BCUT2D eigenvalue weighted by Crippen LogP contribution is -1.89. The van der Waals surface area contributed by atoms with E-state index in [1.807, 2.05) is 77.7 Å². The van der Waals surface area contributed by atoms with Gasteiger partial charge in [-0.1, -0.05) is 102 Å². The number of aryl methyl sites for hydroxylation is 1. The molecule has 0 radical (unpaired) electrons. The Kier molecular flexibility index (Phi) is 14.4. The van der Waals surface area contributed by atoms with Crippen LogP contribution in [0.3, 0.4) is 0 Å². The predicted molar refractivity (Wildman–Crippen MR) is 160 cm³/mol. The third-order valence-corrected chi connectivity index (χ3v) is 5.30. The molecule has 0 saturated carbocycles. The van der Waals surface area contributed by atoms with Crippen LogP contribution in [-0.4, -0.2) is 21.2 Å². The Morgan fingerprint density at radius 2 is 1.28 bits per heavy atom. The van der Waals surface area contributed by atoms with Gasteiger partial charge >= 0.3 is 0 Å². The van der Waals surface area contributed by atoms with E-state index in [2.05, 4.69) is 83.5 Å². The van der Waals surface area contributed by atoms with Crippen LogP contribution in [0.25, 0.3) is 10.9 Å². The van der Waals surface area contributed by atoms with Crippen LogP contribution >= 0.6 is 0 Å². The van der Waals surface area contributed by atoms with Gasteiger partial charge in [-0.15, -0.1) is 0 Å². The van der Waals surface area contributed by atoms with Crippen LogP contribution in [0.2, 0.25) is 0 Å². The first-order chi connectivity index (χ1) is 17.6. The quantitative estimate of drug-likeness (QED) is 0.245. The topological polar surface area (TPSA) is 42.5 Å². The van der Waals surface area contributed by atoms with Crippen LogP contribution in [0.15, 0.2) is 89.0 Å². The van der Waals surface area contributed by atoms with E-state index in [-0.39, 0.29) is 0 Å². The highest BCUT2D eigenvalue weighted by atomic mass is 15.2. The SMILES string of the molecule is CC.CC.CC.CC1=NCc2ccccc21.CC1=Nc2ccccc2C1.Cn1ncc2ccccc21. The molecular formula is C32H44N4. The van der Waals surface area contributed by atoms with E-state index in [1.54, 1.807) is 0 Å². The molecule has 3 heterocycles. The fourth-order valence-corrected chi connectivity index (χ4v) is 3.69. The second-order valence-electron chi connectivity index (χ2n) is 7.54. The highest BCUT2D eigenvalue weighted by Gasteiger charge is 2.09. The van der Waals surface area contributed by atoms with Crippen LogP contribution in [0.4, 0.5) is 5.69 Å². The summed E-state index contributed by atoms with van der Waals surface area (Å²) in [6.45, 7) is 17.0. The van der Waals surface area contributed by atoms with Gasteiger partial charge in [0.05, 0.1) is 23.9 Å². The zero-order chi connectivity index (χ0) is 26.9. The van der Waals surface area contributed by atoms with E-state index in [1.165, 1.54) is 39.0 Å². The van der Waals surface area contributed by atoms with Crippen molar-refractivity contribution in [2.24, 2.45) is 17.0 Å². The lowest BCUT2D eigenvalue weighted by molar-refractivity contribution is 0.797. The molecule has 36 heavy (non-hydrogen) atoms. The Bertz CT molecular complexity index is 1230. The number of aromatic nitrogens is 2. The molecular weight excluding hydrogens is 440 g/mol. The summed E-state index contributed by atoms with van der Waals surface area (Å²) in [5, 5.41) is 5.31. The van der Waals surface area contributed by atoms with E-state index in [4.69, 9.17) is 0 Å². The van der Waals surface area contributed by atoms with Gasteiger partial charge in [0.2, 0.25) is 0 Å². The number of fused-ring (bicyclic) bond motifs is 3. The molecule has 2 aliphatic rings. The molecule has 4 heteroatoms. The number of rotatable bonds is 0. The van der Waals surface area contributed by atoms with Gasteiger partial charge in [-0.05, 0) is 37.1 Å². The van der Waals surface area contributed by atoms with Crippen molar-refractivity contribution in [1.82, 2.24) is 9.78 Å². The van der Waals surface area contributed by atoms with Crippen LogP contribution in [0, 0.1) is 0 Å². The van der Waals surface area contributed by atoms with Crippen LogP contribution < -0.4 is 0 Å². The fraction of sp³-hybridized carbons (Fsp3) is 0.344. The third kappa shape index (κ3) is 8.60. The summed E-state index contributed by atoms with van der Waals surface area (Å²) in [5.74, 6) is 0. The zero-order valence-corrected chi connectivity index (χ0v) is 23.7. The molecule has 192 valence electrons. The first kappa shape index (κ1) is 30.5. The van der Waals surface area contributed by atoms with Gasteiger partial charge in [0, 0.05) is 35.8 Å². The highest BCUT2D eigenvalue weighted by Crippen LogP contribution is 2.25. The van der Waals surface area contributed by atoms with Gasteiger partial charge in [0.1, 0.15) is 0 Å². The second-order valence-corrected chi connectivity index (χ2v) is 7.54. The number of aliphatic imine (C=N–C) groups is 2. The Balaban J connectivity index is 0.000000244. The highest BCUT2D eigenvalue weighted by molar-refractivity contribution is 6.01. The average Bonchev–Trinajstić information content (AvgIpc) is 3.64. The minimum absolute atomic E-state index is 0.877. The van der Waals surface area contributed by atoms with Crippen molar-refractivity contribution in [1.29, 1.82) is 0 Å². The predicted octanol–water partition coefficient (Wildman–Crippen LogP) is 9.00. The molecule has 0 bridgehead atoms. The average molecular weight is 485 g/mol. The minimum atomic E-state index is 0.877. The number of hydrogen-bond acceptors (Lipinski definition) is 3. The molecule has 1 aromatic heterocycles. The van der Waals surface area contributed by atoms with E-state index in [9.17, 15) is 0 Å². The largest absolute Gasteiger partial charge is 0.285 e. The molecule has 4 nitrogen and oxygen atoms in total. The molecule has 0 aliphatic carbocycles. The van der Waals surface area contributed by atoms with Gasteiger partial charge in [-0.25, -0.2) is 0 Å². The normalized spacial score (nSPS) is 11.6. The van der Waals surface area contributed by atoms with E-state index >= 15 is 0 Å². The van der Waals surface area contributed by atoms with Crippen molar-refractivity contribution in [3.05, 3.63) is 95.7 Å². The first-order valence-electron chi connectivity index (χ1n) is 13.2. The van der Waals surface area contributed by atoms with E-state index in [0.717, 1.165) is 18.7 Å². The van der Waals surface area contributed by atoms with Gasteiger partial charge in [-0.3, -0.25) is 14.7 Å². The molecule has 3 aromatic carbocycles. The van der Waals surface area contributed by atoms with Crippen molar-refractivity contribution in [3.63, 3.8) is 0 Å². The maximum atomic E-state index is 4.37. The Morgan fingerprint density at radius 1 is 0.694 bits per heavy atom. The number of para-hydroxylation sites is 2. The molecule has 0 saturated heterocycles. The van der Waals surface area contributed by atoms with E-state index < -0.39 is 0 Å². The van der Waals surface area contributed by atoms with Crippen molar-refractivity contribution in [2.45, 2.75) is 68.4 Å². The lowest BCUT2D eigenvalue weighted by atomic mass is 10.1. The molecule has 0 N–H and O–H groups in total. The first-order valence-corrected chi connectivity index (χ1v) is 13.2. The van der Waals surface area contributed by atoms with Crippen LogP contribution in [0.5, 0.6) is 0 Å². The zero-order valence-electron chi connectivity index (χ0n) is 23.7. The van der Waals surface area contributed by atoms with Gasteiger partial charge < -0.3 is 0 Å². The van der Waals surface area contributed by atoms with Crippen LogP contribution in [-0.2, 0) is 20.0 Å². The number of benzene rings is 3. The molecule has 0 unspecified atom stereocenters. The molecule has 4 aromatic rings. The summed E-state index contributed by atoms with van der Waals surface area (Å²) in [5.41, 5.74) is 8.78. The summed E-state index contributed by atoms with van der Waals surface area (Å²) in [6.07, 6.45) is 2.91. The third-order valence-electron chi connectivity index (χ3n) is 5.30. The standard InChI is InChI=1S/2C9H9N.C8H8N2.3C2H6/c1-7-9-5-3-2-4-8(9)6-10-7;1-7-6-8-4-2-3-5-9(8)10-7;1-10-8-5-3-2-4-7(8)6-9-10;3*1-2/h2*2-5H,6H2,1H3;2-6H,1H3;3*1-2H3. The summed E-state index contributed by atoms with van der Waals surface area (Å²) in [4.78, 5) is 8.69. The number of nitrogens with zero attached hydrogens (tertiary/aromatic N) is 4. The van der Waals surface area contributed by atoms with Crippen molar-refractivity contribution in [3.8, 4) is 0 Å². The summed E-state index contributed by atoms with van der Waals surface area (Å²) < 4.78 is 1.87. The smallest absolute Gasteiger partial charge is 0.0679 e. The molecule has 0 fully saturated rings. The maximum Gasteiger partial charge on any atom is 0.0679 e. The summed E-state index contributed by atoms with van der Waals surface area (Å²) in [6, 6.07) is 24.8. The lowest BCUT2D eigenvalue weighted by Gasteiger charge is -1.94. The Hall–Kier alpha value is -3.53. The van der Waals surface area contributed by atoms with E-state index in [0.29, 0.717) is 0 Å². The maximum absolute atomic E-state index is 4.37. The minimum Gasteiger partial charge on any atom is -0.285 e. The summed E-state index contributed by atoms with van der Waals surface area (Å²) >= 11 is 0. The van der Waals surface area contributed by atoms with Crippen molar-refractivity contribution < 1.29 is 0 Å². The molecule has 0 amide bonds. The second kappa shape index (κ2) is 17.0. The Morgan fingerprint density at radius 3 is 1.92 bits per heavy atom. The molecule has 0 spiro atoms. The fourth-order valence-electron chi connectivity index (χ4n) is 3.69. The summed E-state index contributed by atoms with van der Waals surface area (Å²) in [7, 11) is 1.95. The Labute approximate surface area is 218 Å². The molecule has 0 atom stereocenters. The van der Waals surface area contributed by atoms with Gasteiger partial charge in [-0.2, -0.15) is 5.10 Å². The number of hydrogen-bond donors (Lipinski definition) is 0.